The lowest BCUT2D eigenvalue weighted by atomic mass is 10.1. The van der Waals surface area contributed by atoms with E-state index in [-0.39, 0.29) is 12.1 Å². The summed E-state index contributed by atoms with van der Waals surface area (Å²) in [6, 6.07) is 4.97. The quantitative estimate of drug-likeness (QED) is 0.815. The van der Waals surface area contributed by atoms with Crippen LogP contribution in [0.3, 0.4) is 0 Å². The molecule has 0 aromatic carbocycles. The molecule has 1 aliphatic rings. The van der Waals surface area contributed by atoms with Gasteiger partial charge in [-0.2, -0.15) is 10.2 Å². The van der Waals surface area contributed by atoms with Crippen LogP contribution in [0.2, 0.25) is 0 Å². The van der Waals surface area contributed by atoms with Crippen molar-refractivity contribution in [2.45, 2.75) is 45.3 Å². The maximum absolute atomic E-state index is 6.17. The summed E-state index contributed by atoms with van der Waals surface area (Å²) in [7, 11) is 0. The first-order valence-corrected chi connectivity index (χ1v) is 5.91. The molecule has 16 heavy (non-hydrogen) atoms. The van der Waals surface area contributed by atoms with Crippen LogP contribution in [0.1, 0.15) is 37.7 Å². The Morgan fingerprint density at radius 2 is 2.12 bits per heavy atom. The largest absolute Gasteiger partial charge is 0.326 e. The van der Waals surface area contributed by atoms with Gasteiger partial charge in [-0.3, -0.25) is 4.90 Å². The molecule has 2 heterocycles. The summed E-state index contributed by atoms with van der Waals surface area (Å²) >= 11 is 0. The maximum Gasteiger partial charge on any atom is 0.0818 e. The first-order valence-electron chi connectivity index (χ1n) is 5.91. The van der Waals surface area contributed by atoms with Crippen LogP contribution < -0.4 is 5.73 Å². The summed E-state index contributed by atoms with van der Waals surface area (Å²) < 4.78 is 0. The van der Waals surface area contributed by atoms with Crippen LogP contribution in [-0.2, 0) is 0 Å². The second-order valence-electron chi connectivity index (χ2n) is 4.83. The monoisotopic (exact) mass is 220 g/mol. The fraction of sp³-hybridized carbons (Fsp3) is 0.667. The third kappa shape index (κ3) is 2.08. The average molecular weight is 220 g/mol. The Morgan fingerprint density at radius 3 is 2.69 bits per heavy atom. The Labute approximate surface area is 96.9 Å². The lowest BCUT2D eigenvalue weighted by Gasteiger charge is -2.29. The standard InChI is InChI=1S/C12H20N4/c1-8(2)16-7-6-10(13)12(16)11-5-4-9(3)14-15-11/h4-5,8,10,12H,6-7,13H2,1-3H3. The summed E-state index contributed by atoms with van der Waals surface area (Å²) in [5.74, 6) is 0. The van der Waals surface area contributed by atoms with Crippen molar-refractivity contribution in [2.24, 2.45) is 5.73 Å². The zero-order valence-corrected chi connectivity index (χ0v) is 10.2. The Morgan fingerprint density at radius 1 is 1.38 bits per heavy atom. The highest BCUT2D eigenvalue weighted by Gasteiger charge is 2.35. The number of nitrogens with two attached hydrogens (primary N) is 1. The van der Waals surface area contributed by atoms with Crippen molar-refractivity contribution in [3.63, 3.8) is 0 Å². The summed E-state index contributed by atoms with van der Waals surface area (Å²) in [5.41, 5.74) is 8.12. The van der Waals surface area contributed by atoms with Gasteiger partial charge in [0.2, 0.25) is 0 Å². The molecule has 0 bridgehead atoms. The van der Waals surface area contributed by atoms with Crippen LogP contribution in [0, 0.1) is 6.92 Å². The molecule has 2 unspecified atom stereocenters. The predicted molar refractivity (Wildman–Crippen MR) is 63.9 cm³/mol. The Hall–Kier alpha value is -1.00. The third-order valence-corrected chi connectivity index (χ3v) is 3.27. The van der Waals surface area contributed by atoms with Gasteiger partial charge < -0.3 is 5.73 Å². The van der Waals surface area contributed by atoms with E-state index in [1.165, 1.54) is 0 Å². The van der Waals surface area contributed by atoms with Crippen molar-refractivity contribution in [2.75, 3.05) is 6.54 Å². The highest BCUT2D eigenvalue weighted by molar-refractivity contribution is 5.14. The van der Waals surface area contributed by atoms with Gasteiger partial charge in [-0.05, 0) is 39.3 Å². The van der Waals surface area contributed by atoms with E-state index in [0.29, 0.717) is 6.04 Å². The van der Waals surface area contributed by atoms with Gasteiger partial charge in [0, 0.05) is 18.6 Å². The molecule has 2 atom stereocenters. The minimum absolute atomic E-state index is 0.180. The molecule has 1 fully saturated rings. The number of hydrogen-bond donors (Lipinski definition) is 1. The van der Waals surface area contributed by atoms with Crippen LogP contribution in [-0.4, -0.2) is 33.7 Å². The third-order valence-electron chi connectivity index (χ3n) is 3.27. The molecule has 1 saturated heterocycles. The summed E-state index contributed by atoms with van der Waals surface area (Å²) in [5, 5.41) is 8.39. The number of rotatable bonds is 2. The van der Waals surface area contributed by atoms with E-state index >= 15 is 0 Å². The smallest absolute Gasteiger partial charge is 0.0818 e. The van der Waals surface area contributed by atoms with Crippen molar-refractivity contribution in [3.05, 3.63) is 23.5 Å². The zero-order chi connectivity index (χ0) is 11.7. The molecule has 88 valence electrons. The minimum Gasteiger partial charge on any atom is -0.326 e. The maximum atomic E-state index is 6.17. The van der Waals surface area contributed by atoms with Gasteiger partial charge in [0.15, 0.2) is 0 Å². The van der Waals surface area contributed by atoms with Crippen LogP contribution in [0.4, 0.5) is 0 Å². The summed E-state index contributed by atoms with van der Waals surface area (Å²) in [6.45, 7) is 7.41. The first-order chi connectivity index (χ1) is 7.59. The second-order valence-corrected chi connectivity index (χ2v) is 4.83. The number of aromatic nitrogens is 2. The van der Waals surface area contributed by atoms with Crippen LogP contribution in [0.25, 0.3) is 0 Å². The molecule has 1 aliphatic heterocycles. The Balaban J connectivity index is 2.26. The second kappa shape index (κ2) is 4.47. The molecule has 4 nitrogen and oxygen atoms in total. The molecule has 1 aromatic rings. The molecule has 1 aromatic heterocycles. The van der Waals surface area contributed by atoms with Crippen molar-refractivity contribution < 1.29 is 0 Å². The predicted octanol–water partition coefficient (Wildman–Crippen LogP) is 1.27. The minimum atomic E-state index is 0.180. The van der Waals surface area contributed by atoms with Gasteiger partial charge in [0.05, 0.1) is 17.4 Å². The molecular weight excluding hydrogens is 200 g/mol. The van der Waals surface area contributed by atoms with Gasteiger partial charge in [-0.1, -0.05) is 0 Å². The fourth-order valence-corrected chi connectivity index (χ4v) is 2.38. The Bertz CT molecular complexity index is 347. The van der Waals surface area contributed by atoms with Crippen LogP contribution in [0.5, 0.6) is 0 Å². The van der Waals surface area contributed by atoms with E-state index in [0.717, 1.165) is 24.4 Å². The number of likely N-dealkylation sites (tertiary alicyclic amines) is 1. The number of nitrogens with zero attached hydrogens (tertiary/aromatic N) is 3. The molecule has 0 spiro atoms. The Kier molecular flexibility index (Phi) is 3.21. The van der Waals surface area contributed by atoms with E-state index in [4.69, 9.17) is 5.73 Å². The first kappa shape index (κ1) is 11.5. The van der Waals surface area contributed by atoms with Crippen molar-refractivity contribution in [1.29, 1.82) is 0 Å². The SMILES string of the molecule is Cc1ccc(C2C(N)CCN2C(C)C)nn1. The zero-order valence-electron chi connectivity index (χ0n) is 10.2. The van der Waals surface area contributed by atoms with Crippen molar-refractivity contribution >= 4 is 0 Å². The van der Waals surface area contributed by atoms with Crippen molar-refractivity contribution in [1.82, 2.24) is 15.1 Å². The van der Waals surface area contributed by atoms with E-state index < -0.39 is 0 Å². The molecule has 0 aliphatic carbocycles. The van der Waals surface area contributed by atoms with Gasteiger partial charge >= 0.3 is 0 Å². The average Bonchev–Trinajstić information content (AvgIpc) is 2.62. The number of aryl methyl sites for hydroxylation is 1. The topological polar surface area (TPSA) is 55.0 Å². The van der Waals surface area contributed by atoms with Gasteiger partial charge in [0.25, 0.3) is 0 Å². The molecule has 0 amide bonds. The molecular formula is C12H20N4. The summed E-state index contributed by atoms with van der Waals surface area (Å²) in [4.78, 5) is 2.41. The number of hydrogen-bond acceptors (Lipinski definition) is 4. The van der Waals surface area contributed by atoms with E-state index in [2.05, 4.69) is 28.9 Å². The molecule has 4 heteroatoms. The lowest BCUT2D eigenvalue weighted by molar-refractivity contribution is 0.194. The molecule has 2 rings (SSSR count). The van der Waals surface area contributed by atoms with Gasteiger partial charge in [0.1, 0.15) is 0 Å². The summed E-state index contributed by atoms with van der Waals surface area (Å²) in [6.07, 6.45) is 1.04. The van der Waals surface area contributed by atoms with Crippen LogP contribution >= 0.6 is 0 Å². The molecule has 2 N–H and O–H groups in total. The van der Waals surface area contributed by atoms with Crippen LogP contribution in [0.15, 0.2) is 12.1 Å². The fourth-order valence-electron chi connectivity index (χ4n) is 2.38. The molecule has 0 radical (unpaired) electrons. The normalized spacial score (nSPS) is 26.6. The highest BCUT2D eigenvalue weighted by atomic mass is 15.2. The van der Waals surface area contributed by atoms with Gasteiger partial charge in [-0.15, -0.1) is 0 Å². The lowest BCUT2D eigenvalue weighted by Crippen LogP contribution is -2.36. The van der Waals surface area contributed by atoms with E-state index in [1.54, 1.807) is 0 Å². The molecule has 0 saturated carbocycles. The van der Waals surface area contributed by atoms with Crippen molar-refractivity contribution in [3.8, 4) is 0 Å². The van der Waals surface area contributed by atoms with E-state index in [1.807, 2.05) is 19.1 Å². The van der Waals surface area contributed by atoms with E-state index in [9.17, 15) is 0 Å². The van der Waals surface area contributed by atoms with Gasteiger partial charge in [-0.25, -0.2) is 0 Å². The highest BCUT2D eigenvalue weighted by Crippen LogP contribution is 2.31.